The Kier molecular flexibility index (Phi) is 6.11. The van der Waals surface area contributed by atoms with Crippen LogP contribution in [0.1, 0.15) is 43.2 Å². The molecule has 25 heavy (non-hydrogen) atoms. The molecule has 0 bridgehead atoms. The second kappa shape index (κ2) is 8.71. The second-order valence-corrected chi connectivity index (χ2v) is 6.30. The van der Waals surface area contributed by atoms with Gasteiger partial charge in [0.1, 0.15) is 5.76 Å². The fourth-order valence-corrected chi connectivity index (χ4v) is 3.28. The molecular formula is C18H26N4O3. The fraction of sp³-hybridized carbons (Fsp3) is 0.556. The third-order valence-electron chi connectivity index (χ3n) is 4.64. The lowest BCUT2D eigenvalue weighted by molar-refractivity contribution is 0.165. The number of likely N-dealkylation sites (tertiary alicyclic amines) is 1. The molecule has 1 N–H and O–H groups in total. The summed E-state index contributed by atoms with van der Waals surface area (Å²) in [5.41, 5.74) is 0.967. The summed E-state index contributed by atoms with van der Waals surface area (Å²) in [5, 5.41) is 3.03. The van der Waals surface area contributed by atoms with Gasteiger partial charge in [-0.15, -0.1) is 0 Å². The lowest BCUT2D eigenvalue weighted by Gasteiger charge is -2.28. The van der Waals surface area contributed by atoms with Crippen LogP contribution in [0.3, 0.4) is 0 Å². The number of urea groups is 1. The molecule has 136 valence electrons. The molecule has 7 heteroatoms. The number of amides is 2. The molecule has 0 aliphatic carbocycles. The summed E-state index contributed by atoms with van der Waals surface area (Å²) in [6.45, 7) is 2.54. The zero-order valence-electron chi connectivity index (χ0n) is 14.7. The van der Waals surface area contributed by atoms with Gasteiger partial charge in [-0.3, -0.25) is 0 Å². The molecule has 0 saturated carbocycles. The van der Waals surface area contributed by atoms with E-state index in [1.807, 2.05) is 21.6 Å². The Bertz CT molecular complexity index is 653. The normalized spacial score (nSPS) is 18.1. The molecule has 0 spiro atoms. The Morgan fingerprint density at radius 3 is 3.16 bits per heavy atom. The molecule has 2 amide bonds. The van der Waals surface area contributed by atoms with Crippen molar-refractivity contribution in [1.29, 1.82) is 0 Å². The number of carbonyl (C=O) groups excluding carboxylic acids is 1. The summed E-state index contributed by atoms with van der Waals surface area (Å²) < 4.78 is 12.7. The molecule has 0 aromatic carbocycles. The maximum atomic E-state index is 12.8. The maximum Gasteiger partial charge on any atom is 0.318 e. The molecule has 2 aromatic heterocycles. The molecule has 1 fully saturated rings. The number of ether oxygens (including phenoxy) is 1. The van der Waals surface area contributed by atoms with Crippen LogP contribution in [-0.2, 0) is 17.8 Å². The van der Waals surface area contributed by atoms with Crippen molar-refractivity contribution in [2.75, 3.05) is 20.3 Å². The van der Waals surface area contributed by atoms with E-state index in [1.165, 1.54) is 0 Å². The van der Waals surface area contributed by atoms with E-state index in [-0.39, 0.29) is 12.1 Å². The predicted molar refractivity (Wildman–Crippen MR) is 93.0 cm³/mol. The van der Waals surface area contributed by atoms with E-state index >= 15 is 0 Å². The first kappa shape index (κ1) is 17.5. The standard InChI is InChI=1S/C18H26N4O3/c1-24-11-9-21-14-19-12-15(21)13-20-18(23)22-8-4-2-3-6-16(22)17-7-5-10-25-17/h5,7,10,12,14,16H,2-4,6,8-9,11,13H2,1H3,(H,20,23)/t16-/m0/s1. The van der Waals surface area contributed by atoms with Crippen molar-refractivity contribution < 1.29 is 13.9 Å². The van der Waals surface area contributed by atoms with Crippen LogP contribution in [0.5, 0.6) is 0 Å². The van der Waals surface area contributed by atoms with Gasteiger partial charge in [0.25, 0.3) is 0 Å². The number of aromatic nitrogens is 2. The average Bonchev–Trinajstić information content (AvgIpc) is 3.25. The van der Waals surface area contributed by atoms with E-state index in [0.717, 1.165) is 50.2 Å². The van der Waals surface area contributed by atoms with Crippen molar-refractivity contribution in [2.24, 2.45) is 0 Å². The Labute approximate surface area is 148 Å². The SMILES string of the molecule is COCCn1cncc1CNC(=O)N1CCCCC[C@H]1c1ccco1. The number of furan rings is 1. The first-order chi connectivity index (χ1) is 12.3. The Morgan fingerprint density at radius 2 is 2.36 bits per heavy atom. The van der Waals surface area contributed by atoms with Gasteiger partial charge in [0.15, 0.2) is 0 Å². The van der Waals surface area contributed by atoms with Crippen molar-refractivity contribution >= 4 is 6.03 Å². The van der Waals surface area contributed by atoms with E-state index in [1.54, 1.807) is 25.9 Å². The molecule has 1 aliphatic rings. The van der Waals surface area contributed by atoms with Crippen molar-refractivity contribution in [3.63, 3.8) is 0 Å². The molecule has 1 atom stereocenters. The fourth-order valence-electron chi connectivity index (χ4n) is 3.28. The van der Waals surface area contributed by atoms with Gasteiger partial charge in [-0.2, -0.15) is 0 Å². The smallest absolute Gasteiger partial charge is 0.318 e. The van der Waals surface area contributed by atoms with Crippen LogP contribution in [0.2, 0.25) is 0 Å². The van der Waals surface area contributed by atoms with E-state index in [2.05, 4.69) is 10.3 Å². The number of hydrogen-bond acceptors (Lipinski definition) is 4. The molecule has 0 radical (unpaired) electrons. The number of hydrogen-bond donors (Lipinski definition) is 1. The topological polar surface area (TPSA) is 72.5 Å². The Balaban J connectivity index is 1.63. The summed E-state index contributed by atoms with van der Waals surface area (Å²) in [6, 6.07) is 3.79. The van der Waals surface area contributed by atoms with Crippen LogP contribution in [0, 0.1) is 0 Å². The largest absolute Gasteiger partial charge is 0.467 e. The second-order valence-electron chi connectivity index (χ2n) is 6.30. The van der Waals surface area contributed by atoms with Gasteiger partial charge in [0.05, 0.1) is 37.5 Å². The lowest BCUT2D eigenvalue weighted by Crippen LogP contribution is -2.42. The first-order valence-corrected chi connectivity index (χ1v) is 8.85. The molecule has 1 saturated heterocycles. The number of imidazole rings is 1. The summed E-state index contributed by atoms with van der Waals surface area (Å²) in [4.78, 5) is 18.9. The van der Waals surface area contributed by atoms with Crippen molar-refractivity contribution in [2.45, 2.75) is 44.8 Å². The van der Waals surface area contributed by atoms with Crippen molar-refractivity contribution in [3.8, 4) is 0 Å². The summed E-state index contributed by atoms with van der Waals surface area (Å²) in [7, 11) is 1.67. The number of nitrogens with one attached hydrogen (secondary N) is 1. The van der Waals surface area contributed by atoms with E-state index < -0.39 is 0 Å². The van der Waals surface area contributed by atoms with Crippen LogP contribution in [0.15, 0.2) is 35.3 Å². The predicted octanol–water partition coefficient (Wildman–Crippen LogP) is 2.95. The number of carbonyl (C=O) groups is 1. The zero-order valence-corrected chi connectivity index (χ0v) is 14.7. The van der Waals surface area contributed by atoms with Crippen LogP contribution in [0.25, 0.3) is 0 Å². The monoisotopic (exact) mass is 346 g/mol. The highest BCUT2D eigenvalue weighted by atomic mass is 16.5. The van der Waals surface area contributed by atoms with Gasteiger partial charge in [0, 0.05) is 26.4 Å². The highest BCUT2D eigenvalue weighted by Gasteiger charge is 2.28. The minimum atomic E-state index is -0.0530. The Hall–Kier alpha value is -2.28. The number of methoxy groups -OCH3 is 1. The van der Waals surface area contributed by atoms with Crippen LogP contribution < -0.4 is 5.32 Å². The summed E-state index contributed by atoms with van der Waals surface area (Å²) in [6.07, 6.45) is 9.43. The van der Waals surface area contributed by atoms with Gasteiger partial charge in [-0.05, 0) is 25.0 Å². The quantitative estimate of drug-likeness (QED) is 0.873. The molecule has 7 nitrogen and oxygen atoms in total. The van der Waals surface area contributed by atoms with E-state index in [4.69, 9.17) is 9.15 Å². The third kappa shape index (κ3) is 4.42. The van der Waals surface area contributed by atoms with Crippen LogP contribution in [0.4, 0.5) is 4.79 Å². The molecule has 3 heterocycles. The van der Waals surface area contributed by atoms with Crippen LogP contribution >= 0.6 is 0 Å². The number of rotatable bonds is 6. The summed E-state index contributed by atoms with van der Waals surface area (Å²) in [5.74, 6) is 0.863. The minimum absolute atomic E-state index is 0.0101. The molecule has 3 rings (SSSR count). The van der Waals surface area contributed by atoms with Crippen molar-refractivity contribution in [1.82, 2.24) is 19.8 Å². The molecular weight excluding hydrogens is 320 g/mol. The van der Waals surface area contributed by atoms with Gasteiger partial charge >= 0.3 is 6.03 Å². The van der Waals surface area contributed by atoms with Crippen LogP contribution in [-0.4, -0.2) is 40.7 Å². The van der Waals surface area contributed by atoms with E-state index in [9.17, 15) is 4.79 Å². The first-order valence-electron chi connectivity index (χ1n) is 8.85. The Morgan fingerprint density at radius 1 is 1.44 bits per heavy atom. The highest BCUT2D eigenvalue weighted by molar-refractivity contribution is 5.74. The maximum absolute atomic E-state index is 12.8. The lowest BCUT2D eigenvalue weighted by atomic mass is 10.1. The highest BCUT2D eigenvalue weighted by Crippen LogP contribution is 2.30. The van der Waals surface area contributed by atoms with Gasteiger partial charge in [-0.25, -0.2) is 9.78 Å². The minimum Gasteiger partial charge on any atom is -0.467 e. The molecule has 1 aliphatic heterocycles. The van der Waals surface area contributed by atoms with Crippen molar-refractivity contribution in [3.05, 3.63) is 42.4 Å². The average molecular weight is 346 g/mol. The van der Waals surface area contributed by atoms with E-state index in [0.29, 0.717) is 13.2 Å². The third-order valence-corrected chi connectivity index (χ3v) is 4.64. The van der Waals surface area contributed by atoms with Gasteiger partial charge in [-0.1, -0.05) is 12.8 Å². The van der Waals surface area contributed by atoms with Gasteiger partial charge < -0.3 is 23.9 Å². The zero-order chi connectivity index (χ0) is 17.5. The molecule has 0 unspecified atom stereocenters. The summed E-state index contributed by atoms with van der Waals surface area (Å²) >= 11 is 0. The number of nitrogens with zero attached hydrogens (tertiary/aromatic N) is 3. The molecule has 2 aromatic rings. The van der Waals surface area contributed by atoms with Gasteiger partial charge in [0.2, 0.25) is 0 Å².